The number of hydrogen-bond donors (Lipinski definition) is 1. The van der Waals surface area contributed by atoms with Crippen LogP contribution in [0.15, 0.2) is 53.4 Å². The Hall–Kier alpha value is -2.46. The fourth-order valence-electron chi connectivity index (χ4n) is 3.68. The third-order valence-corrected chi connectivity index (χ3v) is 7.41. The Labute approximate surface area is 189 Å². The first kappa shape index (κ1) is 21.8. The molecule has 1 aliphatic heterocycles. The van der Waals surface area contributed by atoms with Crippen molar-refractivity contribution in [3.63, 3.8) is 0 Å². The van der Waals surface area contributed by atoms with E-state index in [1.807, 2.05) is 0 Å². The van der Waals surface area contributed by atoms with Gasteiger partial charge in [-0.15, -0.1) is 0 Å². The number of nitro benzene ring substituents is 1. The first-order valence-electron chi connectivity index (χ1n) is 9.54. The number of para-hydroxylation sites is 1. The van der Waals surface area contributed by atoms with Gasteiger partial charge in [0.1, 0.15) is 0 Å². The largest absolute Gasteiger partial charge is 0.317 e. The van der Waals surface area contributed by atoms with Crippen molar-refractivity contribution in [2.75, 3.05) is 13.1 Å². The van der Waals surface area contributed by atoms with Crippen LogP contribution in [0.4, 0.5) is 5.69 Å². The zero-order valence-electron chi connectivity index (χ0n) is 16.2. The summed E-state index contributed by atoms with van der Waals surface area (Å²) in [6.07, 6.45) is 1.60. The van der Waals surface area contributed by atoms with Crippen molar-refractivity contribution in [1.29, 1.82) is 0 Å². The Morgan fingerprint density at radius 3 is 2.48 bits per heavy atom. The van der Waals surface area contributed by atoms with E-state index in [9.17, 15) is 18.5 Å². The summed E-state index contributed by atoms with van der Waals surface area (Å²) in [6.45, 7) is 1.59. The van der Waals surface area contributed by atoms with Crippen LogP contribution in [-0.2, 0) is 10.0 Å². The van der Waals surface area contributed by atoms with Crippen molar-refractivity contribution in [2.24, 2.45) is 0 Å². The average molecular weight is 481 g/mol. The van der Waals surface area contributed by atoms with Gasteiger partial charge in [-0.3, -0.25) is 10.1 Å². The topological polar surface area (TPSA) is 107 Å². The van der Waals surface area contributed by atoms with Crippen LogP contribution < -0.4 is 5.32 Å². The molecule has 2 aromatic carbocycles. The van der Waals surface area contributed by atoms with Crippen molar-refractivity contribution in [1.82, 2.24) is 14.5 Å². The molecule has 8 nitrogen and oxygen atoms in total. The highest BCUT2D eigenvalue weighted by atomic mass is 35.5. The molecule has 162 valence electrons. The van der Waals surface area contributed by atoms with Crippen LogP contribution in [0.1, 0.15) is 24.5 Å². The molecule has 0 spiro atoms. The summed E-state index contributed by atoms with van der Waals surface area (Å²) >= 11 is 12.4. The van der Waals surface area contributed by atoms with Gasteiger partial charge in [-0.25, -0.2) is 0 Å². The molecule has 3 aromatic rings. The number of aromatic nitrogens is 2. The Morgan fingerprint density at radius 2 is 1.81 bits per heavy atom. The SMILES string of the molecule is O=[N+]([O-])c1ccccc1S(=O)(=O)n1nc(C2CCNCC2)cc1-c1ccc(Cl)cc1Cl. The summed E-state index contributed by atoms with van der Waals surface area (Å²) < 4.78 is 27.9. The molecule has 1 N–H and O–H groups in total. The molecule has 0 atom stereocenters. The molecular formula is C20H18Cl2N4O4S. The highest BCUT2D eigenvalue weighted by Gasteiger charge is 2.32. The monoisotopic (exact) mass is 480 g/mol. The second-order valence-corrected chi connectivity index (χ2v) is 9.76. The van der Waals surface area contributed by atoms with Gasteiger partial charge in [-0.05, 0) is 56.3 Å². The fraction of sp³-hybridized carbons (Fsp3) is 0.250. The van der Waals surface area contributed by atoms with Gasteiger partial charge in [0, 0.05) is 22.6 Å². The number of halogens is 2. The predicted octanol–water partition coefficient (Wildman–Crippen LogP) is 4.47. The van der Waals surface area contributed by atoms with Crippen LogP contribution in [0.5, 0.6) is 0 Å². The van der Waals surface area contributed by atoms with Gasteiger partial charge in [-0.1, -0.05) is 35.3 Å². The van der Waals surface area contributed by atoms with Gasteiger partial charge in [0.25, 0.3) is 15.7 Å². The summed E-state index contributed by atoms with van der Waals surface area (Å²) in [7, 11) is -4.38. The highest BCUT2D eigenvalue weighted by molar-refractivity contribution is 7.90. The average Bonchev–Trinajstić information content (AvgIpc) is 3.20. The zero-order chi connectivity index (χ0) is 22.2. The van der Waals surface area contributed by atoms with E-state index in [1.165, 1.54) is 24.3 Å². The third kappa shape index (κ3) is 4.18. The molecule has 31 heavy (non-hydrogen) atoms. The standard InChI is InChI=1S/C20H18Cl2N4O4S/c21-14-5-6-15(16(22)11-14)19-12-17(13-7-9-23-10-8-13)24-25(19)31(29,30)20-4-2-1-3-18(20)26(27)28/h1-6,11-13,23H,7-10H2. The summed E-state index contributed by atoms with van der Waals surface area (Å²) in [5.74, 6) is 0.0632. The van der Waals surface area contributed by atoms with Gasteiger partial charge in [-0.2, -0.15) is 17.6 Å². The molecule has 11 heteroatoms. The van der Waals surface area contributed by atoms with Gasteiger partial charge >= 0.3 is 0 Å². The molecule has 0 unspecified atom stereocenters. The minimum atomic E-state index is -4.38. The maximum Gasteiger partial charge on any atom is 0.290 e. The number of nitro groups is 1. The predicted molar refractivity (Wildman–Crippen MR) is 118 cm³/mol. The van der Waals surface area contributed by atoms with E-state index in [-0.39, 0.29) is 16.6 Å². The van der Waals surface area contributed by atoms with Crippen LogP contribution in [0.2, 0.25) is 10.0 Å². The highest BCUT2D eigenvalue weighted by Crippen LogP contribution is 2.36. The van der Waals surface area contributed by atoms with Gasteiger partial charge in [0.15, 0.2) is 4.90 Å². The molecule has 1 aromatic heterocycles. The van der Waals surface area contributed by atoms with Gasteiger partial charge in [0.2, 0.25) is 0 Å². The number of rotatable bonds is 5. The van der Waals surface area contributed by atoms with Crippen LogP contribution in [0.3, 0.4) is 0 Å². The first-order valence-corrected chi connectivity index (χ1v) is 11.7. The summed E-state index contributed by atoms with van der Waals surface area (Å²) in [4.78, 5) is 10.3. The second-order valence-electron chi connectivity index (χ2n) is 7.18. The Kier molecular flexibility index (Phi) is 6.02. The maximum absolute atomic E-state index is 13.5. The van der Waals surface area contributed by atoms with E-state index in [0.717, 1.165) is 36.1 Å². The summed E-state index contributed by atoms with van der Waals surface area (Å²) in [5, 5.41) is 19.8. The molecule has 1 saturated heterocycles. The fourth-order valence-corrected chi connectivity index (χ4v) is 5.64. The smallest absolute Gasteiger partial charge is 0.290 e. The van der Waals surface area contributed by atoms with Gasteiger partial charge in [0.05, 0.1) is 21.3 Å². The third-order valence-electron chi connectivity index (χ3n) is 5.23. The molecule has 2 heterocycles. The Bertz CT molecular complexity index is 1250. The Balaban J connectivity index is 1.94. The van der Waals surface area contributed by atoms with Crippen LogP contribution in [0, 0.1) is 10.1 Å². The quantitative estimate of drug-likeness (QED) is 0.426. The maximum atomic E-state index is 13.5. The number of nitrogens with one attached hydrogen (secondary N) is 1. The van der Waals surface area contributed by atoms with E-state index in [1.54, 1.807) is 18.2 Å². The molecule has 0 bridgehead atoms. The summed E-state index contributed by atoms with van der Waals surface area (Å²) in [5.41, 5.74) is 0.730. The molecule has 0 amide bonds. The number of benzene rings is 2. The van der Waals surface area contributed by atoms with Gasteiger partial charge < -0.3 is 5.32 Å². The molecule has 1 fully saturated rings. The van der Waals surface area contributed by atoms with E-state index < -0.39 is 25.5 Å². The zero-order valence-corrected chi connectivity index (χ0v) is 18.5. The van der Waals surface area contributed by atoms with E-state index in [2.05, 4.69) is 10.4 Å². The van der Waals surface area contributed by atoms with E-state index in [0.29, 0.717) is 16.3 Å². The lowest BCUT2D eigenvalue weighted by Crippen LogP contribution is -2.27. The van der Waals surface area contributed by atoms with Crippen molar-refractivity contribution < 1.29 is 13.3 Å². The number of nitrogens with zero attached hydrogens (tertiary/aromatic N) is 3. The van der Waals surface area contributed by atoms with Crippen molar-refractivity contribution in [3.05, 3.63) is 74.4 Å². The van der Waals surface area contributed by atoms with Crippen molar-refractivity contribution in [3.8, 4) is 11.3 Å². The normalized spacial score (nSPS) is 15.2. The lowest BCUT2D eigenvalue weighted by atomic mass is 9.94. The molecular weight excluding hydrogens is 463 g/mol. The number of hydrogen-bond acceptors (Lipinski definition) is 6. The minimum Gasteiger partial charge on any atom is -0.317 e. The first-order chi connectivity index (χ1) is 14.8. The minimum absolute atomic E-state index is 0.0632. The lowest BCUT2D eigenvalue weighted by molar-refractivity contribution is -0.387. The lowest BCUT2D eigenvalue weighted by Gasteiger charge is -2.20. The molecule has 0 aliphatic carbocycles. The molecule has 0 radical (unpaired) electrons. The van der Waals surface area contributed by atoms with Crippen LogP contribution >= 0.6 is 23.2 Å². The van der Waals surface area contributed by atoms with E-state index in [4.69, 9.17) is 23.2 Å². The van der Waals surface area contributed by atoms with Crippen LogP contribution in [0.25, 0.3) is 11.3 Å². The van der Waals surface area contributed by atoms with E-state index >= 15 is 0 Å². The van der Waals surface area contributed by atoms with Crippen molar-refractivity contribution in [2.45, 2.75) is 23.7 Å². The Morgan fingerprint density at radius 1 is 1.10 bits per heavy atom. The summed E-state index contributed by atoms with van der Waals surface area (Å²) in [6, 6.07) is 11.6. The van der Waals surface area contributed by atoms with Crippen molar-refractivity contribution >= 4 is 38.9 Å². The second kappa shape index (κ2) is 8.58. The molecule has 4 rings (SSSR count). The number of piperidine rings is 1. The molecule has 0 saturated carbocycles. The molecule has 1 aliphatic rings. The van der Waals surface area contributed by atoms with Crippen LogP contribution in [-0.4, -0.2) is 35.6 Å².